The molecule has 4 rings (SSSR count). The number of allylic oxidation sites excluding steroid dienone is 1. The second kappa shape index (κ2) is 6.92. The van der Waals surface area contributed by atoms with Crippen molar-refractivity contribution in [2.75, 3.05) is 26.2 Å². The lowest BCUT2D eigenvalue weighted by molar-refractivity contribution is -0.141. The lowest BCUT2D eigenvalue weighted by Gasteiger charge is -2.31. The molecule has 0 radical (unpaired) electrons. The number of carboxylic acid groups (broad SMARTS) is 1. The topological polar surface area (TPSA) is 59.0 Å². The Hall–Kier alpha value is -2.27. The van der Waals surface area contributed by atoms with Gasteiger partial charge in [-0.05, 0) is 37.1 Å². The van der Waals surface area contributed by atoms with Crippen LogP contribution in [0.2, 0.25) is 0 Å². The largest absolute Gasteiger partial charge is 0.486 e. The van der Waals surface area contributed by atoms with E-state index in [2.05, 4.69) is 23.1 Å². The number of nitrogens with zero attached hydrogens (tertiary/aromatic N) is 1. The summed E-state index contributed by atoms with van der Waals surface area (Å²) in [4.78, 5) is 13.3. The van der Waals surface area contributed by atoms with Crippen LogP contribution in [0.25, 0.3) is 0 Å². The van der Waals surface area contributed by atoms with Crippen molar-refractivity contribution in [3.8, 4) is 11.5 Å². The lowest BCUT2D eigenvalue weighted by Crippen LogP contribution is -2.36. The van der Waals surface area contributed by atoms with Crippen LogP contribution in [-0.4, -0.2) is 48.3 Å². The Bertz CT molecular complexity index is 711. The molecule has 0 saturated carbocycles. The van der Waals surface area contributed by atoms with Crippen LogP contribution in [0.3, 0.4) is 0 Å². The number of hydrogen-bond donors (Lipinski definition) is 1. The molecule has 1 aromatic rings. The van der Waals surface area contributed by atoms with Crippen molar-refractivity contribution in [2.45, 2.75) is 18.9 Å². The number of hydrogen-bond acceptors (Lipinski definition) is 4. The second-order valence-corrected chi connectivity index (χ2v) is 7.01. The fourth-order valence-electron chi connectivity index (χ4n) is 3.76. The highest BCUT2D eigenvalue weighted by Crippen LogP contribution is 2.34. The predicted molar refractivity (Wildman–Crippen MR) is 93.9 cm³/mol. The minimum absolute atomic E-state index is 0.0344. The minimum atomic E-state index is -0.676. The average molecular weight is 341 g/mol. The fraction of sp³-hybridized carbons (Fsp3) is 0.450. The third kappa shape index (κ3) is 3.56. The molecule has 1 aromatic carbocycles. The molecule has 2 aliphatic heterocycles. The third-order valence-corrected chi connectivity index (χ3v) is 5.25. The van der Waals surface area contributed by atoms with Gasteiger partial charge < -0.3 is 14.6 Å². The first-order valence-electron chi connectivity index (χ1n) is 8.90. The monoisotopic (exact) mass is 341 g/mol. The van der Waals surface area contributed by atoms with Crippen molar-refractivity contribution in [3.05, 3.63) is 48.1 Å². The van der Waals surface area contributed by atoms with Crippen LogP contribution in [0.1, 0.15) is 12.8 Å². The van der Waals surface area contributed by atoms with E-state index in [0.717, 1.165) is 37.4 Å². The zero-order chi connectivity index (χ0) is 17.2. The van der Waals surface area contributed by atoms with Crippen molar-refractivity contribution in [1.82, 2.24) is 4.90 Å². The van der Waals surface area contributed by atoms with Crippen LogP contribution in [0, 0.1) is 11.8 Å². The number of ether oxygens (including phenoxy) is 2. The summed E-state index contributed by atoms with van der Waals surface area (Å²) in [5, 5.41) is 9.10. The van der Waals surface area contributed by atoms with Crippen LogP contribution in [0.5, 0.6) is 11.5 Å². The Labute approximate surface area is 147 Å². The molecular weight excluding hydrogens is 318 g/mol. The van der Waals surface area contributed by atoms with Gasteiger partial charge in [-0.25, -0.2) is 0 Å². The summed E-state index contributed by atoms with van der Waals surface area (Å²) in [5.41, 5.74) is 1.26. The molecule has 25 heavy (non-hydrogen) atoms. The number of para-hydroxylation sites is 2. The van der Waals surface area contributed by atoms with Gasteiger partial charge in [0.1, 0.15) is 12.7 Å². The van der Waals surface area contributed by atoms with Gasteiger partial charge in [0.05, 0.1) is 5.92 Å². The molecule has 1 fully saturated rings. The Balaban J connectivity index is 1.31. The molecule has 0 bridgehead atoms. The Morgan fingerprint density at radius 2 is 2.12 bits per heavy atom. The normalized spacial score (nSPS) is 28.6. The summed E-state index contributed by atoms with van der Waals surface area (Å²) in [6.07, 6.45) is 8.34. The first kappa shape index (κ1) is 16.2. The number of carbonyl (C=O) groups is 1. The van der Waals surface area contributed by atoms with Crippen molar-refractivity contribution < 1.29 is 19.4 Å². The summed E-state index contributed by atoms with van der Waals surface area (Å²) in [7, 11) is 0. The van der Waals surface area contributed by atoms with E-state index in [9.17, 15) is 4.79 Å². The van der Waals surface area contributed by atoms with E-state index < -0.39 is 5.97 Å². The molecule has 2 heterocycles. The van der Waals surface area contributed by atoms with Crippen molar-refractivity contribution in [3.63, 3.8) is 0 Å². The quantitative estimate of drug-likeness (QED) is 0.912. The molecule has 3 atom stereocenters. The molecule has 1 aliphatic carbocycles. The molecule has 0 amide bonds. The number of rotatable bonds is 4. The molecule has 2 unspecified atom stereocenters. The molecule has 0 spiro atoms. The molecular formula is C20H23NO4. The van der Waals surface area contributed by atoms with Gasteiger partial charge in [0, 0.05) is 19.0 Å². The Kier molecular flexibility index (Phi) is 4.49. The lowest BCUT2D eigenvalue weighted by atomic mass is 9.91. The zero-order valence-electron chi connectivity index (χ0n) is 14.1. The molecule has 1 saturated heterocycles. The Morgan fingerprint density at radius 3 is 2.84 bits per heavy atom. The van der Waals surface area contributed by atoms with Crippen LogP contribution < -0.4 is 9.47 Å². The smallest absolute Gasteiger partial charge is 0.307 e. The summed E-state index contributed by atoms with van der Waals surface area (Å²) in [6.45, 7) is 2.92. The maximum atomic E-state index is 11.1. The third-order valence-electron chi connectivity index (χ3n) is 5.25. The van der Waals surface area contributed by atoms with Crippen molar-refractivity contribution in [2.24, 2.45) is 11.8 Å². The highest BCUT2D eigenvalue weighted by Gasteiger charge is 2.30. The fourth-order valence-corrected chi connectivity index (χ4v) is 3.76. The number of likely N-dealkylation sites (tertiary alicyclic amines) is 1. The number of fused-ring (bicyclic) bond motifs is 1. The number of aliphatic carboxylic acids is 1. The van der Waals surface area contributed by atoms with E-state index in [4.69, 9.17) is 14.6 Å². The van der Waals surface area contributed by atoms with Gasteiger partial charge in [0.2, 0.25) is 0 Å². The van der Waals surface area contributed by atoms with E-state index in [1.807, 2.05) is 24.3 Å². The van der Waals surface area contributed by atoms with Gasteiger partial charge >= 0.3 is 5.97 Å². The summed E-state index contributed by atoms with van der Waals surface area (Å²) >= 11 is 0. The zero-order valence-corrected chi connectivity index (χ0v) is 14.1. The molecule has 132 valence electrons. The predicted octanol–water partition coefficient (Wildman–Crippen LogP) is 2.74. The van der Waals surface area contributed by atoms with Gasteiger partial charge in [-0.2, -0.15) is 0 Å². The number of benzene rings is 1. The van der Waals surface area contributed by atoms with Gasteiger partial charge in [0.15, 0.2) is 11.5 Å². The van der Waals surface area contributed by atoms with Crippen LogP contribution in [0.15, 0.2) is 48.1 Å². The van der Waals surface area contributed by atoms with Crippen LogP contribution in [0.4, 0.5) is 0 Å². The van der Waals surface area contributed by atoms with Gasteiger partial charge in [-0.15, -0.1) is 0 Å². The summed E-state index contributed by atoms with van der Waals surface area (Å²) in [5.74, 6) is 1.05. The van der Waals surface area contributed by atoms with E-state index in [1.54, 1.807) is 0 Å². The van der Waals surface area contributed by atoms with Gasteiger partial charge in [0.25, 0.3) is 0 Å². The first-order chi connectivity index (χ1) is 12.2. The van der Waals surface area contributed by atoms with E-state index in [-0.39, 0.29) is 12.0 Å². The molecule has 3 aliphatic rings. The highest BCUT2D eigenvalue weighted by molar-refractivity contribution is 5.70. The van der Waals surface area contributed by atoms with Gasteiger partial charge in [-0.1, -0.05) is 30.4 Å². The van der Waals surface area contributed by atoms with Crippen LogP contribution in [-0.2, 0) is 4.79 Å². The maximum Gasteiger partial charge on any atom is 0.307 e. The molecule has 5 heteroatoms. The van der Waals surface area contributed by atoms with Gasteiger partial charge in [-0.3, -0.25) is 9.69 Å². The standard InChI is InChI=1S/C20H23NO4/c22-20(23)16-9-10-21(12-16)11-14-5-7-15(8-6-14)19-13-24-17-3-1-2-4-18(17)25-19/h1-7,15-16,19H,8-13H2,(H,22,23)/t15?,16?,19-/m1/s1. The SMILES string of the molecule is O=C(O)C1CCN(CC2=CCC([C@H]3COc4ccccc4O3)C=C2)C1. The minimum Gasteiger partial charge on any atom is -0.486 e. The van der Waals surface area contributed by atoms with E-state index in [0.29, 0.717) is 19.1 Å². The second-order valence-electron chi connectivity index (χ2n) is 7.01. The molecule has 5 nitrogen and oxygen atoms in total. The molecule has 0 aromatic heterocycles. The first-order valence-corrected chi connectivity index (χ1v) is 8.90. The summed E-state index contributed by atoms with van der Waals surface area (Å²) in [6, 6.07) is 7.79. The average Bonchev–Trinajstić information content (AvgIpc) is 3.11. The van der Waals surface area contributed by atoms with Crippen molar-refractivity contribution >= 4 is 5.97 Å². The maximum absolute atomic E-state index is 11.1. The van der Waals surface area contributed by atoms with Crippen molar-refractivity contribution in [1.29, 1.82) is 0 Å². The molecule has 1 N–H and O–H groups in total. The summed E-state index contributed by atoms with van der Waals surface area (Å²) < 4.78 is 11.9. The van der Waals surface area contributed by atoms with E-state index in [1.165, 1.54) is 5.57 Å². The highest BCUT2D eigenvalue weighted by atomic mass is 16.6. The van der Waals surface area contributed by atoms with Crippen LogP contribution >= 0.6 is 0 Å². The van der Waals surface area contributed by atoms with E-state index >= 15 is 0 Å². The Morgan fingerprint density at radius 1 is 1.28 bits per heavy atom. The number of carboxylic acids is 1.